The van der Waals surface area contributed by atoms with Crippen LogP contribution in [-0.4, -0.2) is 28.1 Å². The molecule has 1 heterocycles. The van der Waals surface area contributed by atoms with Gasteiger partial charge in [-0.15, -0.1) is 0 Å². The smallest absolute Gasteiger partial charge is 0.175 e. The van der Waals surface area contributed by atoms with E-state index in [4.69, 9.17) is 21.7 Å². The molecule has 0 spiro atoms. The van der Waals surface area contributed by atoms with Crippen LogP contribution in [0.2, 0.25) is 0 Å². The van der Waals surface area contributed by atoms with Crippen LogP contribution in [0, 0.1) is 6.92 Å². The molecule has 0 saturated carbocycles. The van der Waals surface area contributed by atoms with Gasteiger partial charge in [-0.25, -0.2) is 0 Å². The number of anilines is 2. The summed E-state index contributed by atoms with van der Waals surface area (Å²) in [5, 5.41) is 11.3. The minimum atomic E-state index is 0.521. The van der Waals surface area contributed by atoms with E-state index in [1.54, 1.807) is 6.20 Å². The average Bonchev–Trinajstić information content (AvgIpc) is 3.12. The number of aromatic nitrogens is 2. The average molecular weight is 411 g/mol. The lowest BCUT2D eigenvalue weighted by Crippen LogP contribution is -2.18. The molecule has 0 fully saturated rings. The Hall–Kier alpha value is -3.06. The topological polar surface area (TPSA) is 60.3 Å². The van der Waals surface area contributed by atoms with E-state index in [1.807, 2.05) is 67.2 Å². The van der Waals surface area contributed by atoms with Crippen LogP contribution in [0.1, 0.15) is 25.0 Å². The number of hydrogen-bond donors (Lipinski definition) is 2. The molecular weight excluding hydrogens is 384 g/mol. The van der Waals surface area contributed by atoms with E-state index in [1.165, 1.54) is 5.56 Å². The molecule has 0 aliphatic heterocycles. The third-order valence-electron chi connectivity index (χ3n) is 4.15. The first kappa shape index (κ1) is 20.7. The molecule has 0 amide bonds. The predicted molar refractivity (Wildman–Crippen MR) is 121 cm³/mol. The van der Waals surface area contributed by atoms with E-state index < -0.39 is 0 Å². The van der Waals surface area contributed by atoms with Crippen LogP contribution in [0.3, 0.4) is 0 Å². The first-order valence-corrected chi connectivity index (χ1v) is 10.0. The first-order valence-electron chi connectivity index (χ1n) is 9.63. The molecule has 0 atom stereocenters. The lowest BCUT2D eigenvalue weighted by Gasteiger charge is -2.12. The molecule has 0 aliphatic rings. The number of ether oxygens (including phenoxy) is 2. The molecule has 7 heteroatoms. The normalized spacial score (nSPS) is 10.4. The number of thiocarbonyl (C=S) groups is 1. The standard InChI is InChI=1S/C22H26N4O2S/c1-4-27-20-11-8-17(12-21(20)28-5-2)14-26-15-19(13-23-26)25-22(29)24-18-9-6-16(3)7-10-18/h6-13,15H,4-5,14H2,1-3H3,(H2,24,25,29). The molecule has 152 valence electrons. The van der Waals surface area contributed by atoms with Crippen LogP contribution >= 0.6 is 12.2 Å². The second-order valence-electron chi connectivity index (χ2n) is 6.52. The number of nitrogens with zero attached hydrogens (tertiary/aromatic N) is 2. The third-order valence-corrected chi connectivity index (χ3v) is 4.36. The summed E-state index contributed by atoms with van der Waals surface area (Å²) in [6.45, 7) is 7.78. The molecule has 29 heavy (non-hydrogen) atoms. The van der Waals surface area contributed by atoms with Gasteiger partial charge >= 0.3 is 0 Å². The van der Waals surface area contributed by atoms with E-state index in [9.17, 15) is 0 Å². The number of benzene rings is 2. The van der Waals surface area contributed by atoms with Crippen molar-refractivity contribution in [3.8, 4) is 11.5 Å². The third kappa shape index (κ3) is 5.96. The van der Waals surface area contributed by atoms with E-state index in [-0.39, 0.29) is 0 Å². The maximum absolute atomic E-state index is 5.70. The van der Waals surface area contributed by atoms with E-state index >= 15 is 0 Å². The number of aryl methyl sites for hydroxylation is 1. The van der Waals surface area contributed by atoms with Crippen molar-refractivity contribution in [2.45, 2.75) is 27.3 Å². The summed E-state index contributed by atoms with van der Waals surface area (Å²) < 4.78 is 13.2. The molecule has 2 N–H and O–H groups in total. The summed E-state index contributed by atoms with van der Waals surface area (Å²) in [5.41, 5.74) is 4.05. The molecule has 2 aromatic carbocycles. The fourth-order valence-corrected chi connectivity index (χ4v) is 3.06. The van der Waals surface area contributed by atoms with Crippen LogP contribution in [0.25, 0.3) is 0 Å². The monoisotopic (exact) mass is 410 g/mol. The molecule has 3 aromatic rings. The molecule has 0 bridgehead atoms. The van der Waals surface area contributed by atoms with Gasteiger partial charge in [-0.05, 0) is 62.8 Å². The van der Waals surface area contributed by atoms with Crippen LogP contribution in [-0.2, 0) is 6.54 Å². The van der Waals surface area contributed by atoms with Crippen molar-refractivity contribution in [3.05, 3.63) is 66.0 Å². The molecule has 6 nitrogen and oxygen atoms in total. The van der Waals surface area contributed by atoms with E-state index in [0.29, 0.717) is 24.9 Å². The second kappa shape index (κ2) is 9.93. The van der Waals surface area contributed by atoms with Crippen molar-refractivity contribution in [2.75, 3.05) is 23.8 Å². The van der Waals surface area contributed by atoms with Gasteiger partial charge in [0, 0.05) is 11.9 Å². The van der Waals surface area contributed by atoms with E-state index in [0.717, 1.165) is 28.4 Å². The lowest BCUT2D eigenvalue weighted by atomic mass is 10.2. The minimum Gasteiger partial charge on any atom is -0.490 e. The Morgan fingerprint density at radius 2 is 1.66 bits per heavy atom. The summed E-state index contributed by atoms with van der Waals surface area (Å²) in [4.78, 5) is 0. The van der Waals surface area contributed by atoms with Gasteiger partial charge in [0.1, 0.15) is 0 Å². The highest BCUT2D eigenvalue weighted by Crippen LogP contribution is 2.29. The lowest BCUT2D eigenvalue weighted by molar-refractivity contribution is 0.287. The highest BCUT2D eigenvalue weighted by atomic mass is 32.1. The maximum Gasteiger partial charge on any atom is 0.175 e. The van der Waals surface area contributed by atoms with Gasteiger partial charge in [0.2, 0.25) is 0 Å². The Labute approximate surface area is 176 Å². The van der Waals surface area contributed by atoms with Crippen LogP contribution in [0.5, 0.6) is 11.5 Å². The zero-order valence-corrected chi connectivity index (χ0v) is 17.8. The summed E-state index contributed by atoms with van der Waals surface area (Å²) in [6.07, 6.45) is 3.67. The van der Waals surface area contributed by atoms with Gasteiger partial charge < -0.3 is 20.1 Å². The summed E-state index contributed by atoms with van der Waals surface area (Å²) in [7, 11) is 0. The molecule has 3 rings (SSSR count). The van der Waals surface area contributed by atoms with Crippen molar-refractivity contribution in [1.29, 1.82) is 0 Å². The largest absolute Gasteiger partial charge is 0.490 e. The number of hydrogen-bond acceptors (Lipinski definition) is 4. The fraction of sp³-hybridized carbons (Fsp3) is 0.273. The quantitative estimate of drug-likeness (QED) is 0.518. The van der Waals surface area contributed by atoms with Crippen molar-refractivity contribution < 1.29 is 9.47 Å². The molecule has 0 radical (unpaired) electrons. The van der Waals surface area contributed by atoms with Crippen LogP contribution < -0.4 is 20.1 Å². The first-order chi connectivity index (χ1) is 14.1. The van der Waals surface area contributed by atoms with Crippen molar-refractivity contribution >= 4 is 28.7 Å². The molecule has 0 saturated heterocycles. The summed E-state index contributed by atoms with van der Waals surface area (Å²) >= 11 is 5.39. The van der Waals surface area contributed by atoms with Gasteiger partial charge in [0.15, 0.2) is 16.6 Å². The van der Waals surface area contributed by atoms with Crippen LogP contribution in [0.15, 0.2) is 54.9 Å². The van der Waals surface area contributed by atoms with Gasteiger partial charge in [-0.1, -0.05) is 23.8 Å². The summed E-state index contributed by atoms with van der Waals surface area (Å²) in [5.74, 6) is 1.51. The highest BCUT2D eigenvalue weighted by Gasteiger charge is 2.08. The molecule has 0 unspecified atom stereocenters. The van der Waals surface area contributed by atoms with Gasteiger partial charge in [0.05, 0.1) is 31.6 Å². The van der Waals surface area contributed by atoms with Crippen molar-refractivity contribution in [3.63, 3.8) is 0 Å². The van der Waals surface area contributed by atoms with Crippen LogP contribution in [0.4, 0.5) is 11.4 Å². The second-order valence-corrected chi connectivity index (χ2v) is 6.93. The van der Waals surface area contributed by atoms with Gasteiger partial charge in [-0.2, -0.15) is 5.10 Å². The Bertz CT molecular complexity index is 954. The zero-order valence-electron chi connectivity index (χ0n) is 16.9. The SMILES string of the molecule is CCOc1ccc(Cn2cc(NC(=S)Nc3ccc(C)cc3)cn2)cc1OCC. The van der Waals surface area contributed by atoms with Gasteiger partial charge in [-0.3, -0.25) is 4.68 Å². The molecule has 1 aromatic heterocycles. The maximum atomic E-state index is 5.70. The Morgan fingerprint density at radius 1 is 0.966 bits per heavy atom. The molecular formula is C22H26N4O2S. The highest BCUT2D eigenvalue weighted by molar-refractivity contribution is 7.80. The summed E-state index contributed by atoms with van der Waals surface area (Å²) in [6, 6.07) is 14.0. The van der Waals surface area contributed by atoms with E-state index in [2.05, 4.69) is 22.7 Å². The Kier molecular flexibility index (Phi) is 7.08. The zero-order chi connectivity index (χ0) is 20.6. The Balaban J connectivity index is 1.61. The predicted octanol–water partition coefficient (Wildman–Crippen LogP) is 4.85. The van der Waals surface area contributed by atoms with Crippen molar-refractivity contribution in [2.24, 2.45) is 0 Å². The fourth-order valence-electron chi connectivity index (χ4n) is 2.83. The Morgan fingerprint density at radius 3 is 2.38 bits per heavy atom. The number of nitrogens with one attached hydrogen (secondary N) is 2. The minimum absolute atomic E-state index is 0.521. The molecule has 0 aliphatic carbocycles. The van der Waals surface area contributed by atoms with Gasteiger partial charge in [0.25, 0.3) is 0 Å². The number of rotatable bonds is 8. The van der Waals surface area contributed by atoms with Crippen molar-refractivity contribution in [1.82, 2.24) is 9.78 Å².